The Morgan fingerprint density at radius 1 is 0.897 bits per heavy atom. The minimum Gasteiger partial charge on any atom is -0.458 e. The Kier molecular flexibility index (Phi) is 12.8. The van der Waals surface area contributed by atoms with Crippen molar-refractivity contribution < 1.29 is 41.9 Å². The van der Waals surface area contributed by atoms with E-state index >= 15 is 0 Å². The zero-order chi connectivity index (χ0) is 22.4. The molecule has 1 atom stereocenters. The Hall–Kier alpha value is -2.21. The third-order valence-corrected chi connectivity index (χ3v) is 6.47. The molecule has 0 saturated carbocycles. The summed E-state index contributed by atoms with van der Waals surface area (Å²) in [4.78, 5) is 35.1. The van der Waals surface area contributed by atoms with Gasteiger partial charge in [0, 0.05) is 45.1 Å². The highest BCUT2D eigenvalue weighted by molar-refractivity contribution is 6.60. The summed E-state index contributed by atoms with van der Waals surface area (Å²) in [6, 6.07) is 0.506. The van der Waals surface area contributed by atoms with Crippen LogP contribution in [0.25, 0.3) is 0 Å². The first-order valence-electron chi connectivity index (χ1n) is 8.86. The lowest BCUT2D eigenvalue weighted by atomic mass is 10.3. The second-order valence-corrected chi connectivity index (χ2v) is 9.20. The molecule has 1 amide bonds. The normalized spacial score (nSPS) is 11.9. The number of carbonyl (C=O) groups excluding carboxylic acids is 3. The zero-order valence-corrected chi connectivity index (χ0v) is 18.7. The molecular weight excluding hydrogens is 402 g/mol. The topological polar surface area (TPSA) is 119 Å². The molecule has 1 N–H and O–H groups in total. The molecule has 0 bridgehead atoms. The van der Waals surface area contributed by atoms with Gasteiger partial charge >= 0.3 is 26.8 Å². The molecule has 29 heavy (non-hydrogen) atoms. The molecule has 10 nitrogen and oxygen atoms in total. The Balaban J connectivity index is 4.48. The van der Waals surface area contributed by atoms with Gasteiger partial charge in [-0.3, -0.25) is 0 Å². The summed E-state index contributed by atoms with van der Waals surface area (Å²) in [5, 5.41) is 2.56. The number of hydrogen-bond donors (Lipinski definition) is 1. The minimum absolute atomic E-state index is 0.160. The quantitative estimate of drug-likeness (QED) is 0.143. The largest absolute Gasteiger partial charge is 0.500 e. The molecule has 11 heteroatoms. The number of alkyl carbamates (subject to hydrolysis) is 1. The first kappa shape index (κ1) is 26.8. The fourth-order valence-electron chi connectivity index (χ4n) is 1.93. The highest BCUT2D eigenvalue weighted by atomic mass is 28.4. The fourth-order valence-corrected chi connectivity index (χ4v) is 3.65. The number of amides is 1. The summed E-state index contributed by atoms with van der Waals surface area (Å²) in [5.74, 6) is -1.33. The van der Waals surface area contributed by atoms with E-state index in [2.05, 4.69) is 18.5 Å². The number of rotatable bonds is 14. The lowest BCUT2D eigenvalue weighted by Gasteiger charge is -2.24. The maximum Gasteiger partial charge on any atom is 0.500 e. The van der Waals surface area contributed by atoms with Crippen molar-refractivity contribution in [3.63, 3.8) is 0 Å². The smallest absolute Gasteiger partial charge is 0.458 e. The number of hydrogen-bond acceptors (Lipinski definition) is 9. The van der Waals surface area contributed by atoms with E-state index in [4.69, 9.17) is 27.5 Å². The van der Waals surface area contributed by atoms with E-state index in [1.54, 1.807) is 0 Å². The Bertz CT molecular complexity index is 582. The van der Waals surface area contributed by atoms with E-state index in [9.17, 15) is 14.4 Å². The van der Waals surface area contributed by atoms with Gasteiger partial charge in [-0.15, -0.1) is 0 Å². The molecule has 0 aromatic rings. The maximum atomic E-state index is 11.9. The molecule has 0 aliphatic carbocycles. The van der Waals surface area contributed by atoms with Crippen molar-refractivity contribution in [3.8, 4) is 0 Å². The zero-order valence-electron chi connectivity index (χ0n) is 17.7. The minimum atomic E-state index is -2.70. The van der Waals surface area contributed by atoms with Crippen LogP contribution in [0.4, 0.5) is 4.79 Å². The van der Waals surface area contributed by atoms with Crippen LogP contribution in [0.2, 0.25) is 6.04 Å². The van der Waals surface area contributed by atoms with Crippen LogP contribution in [0.15, 0.2) is 24.3 Å². The molecule has 0 aliphatic heterocycles. The van der Waals surface area contributed by atoms with E-state index in [1.807, 2.05) is 0 Å². The molecule has 0 fully saturated rings. The molecule has 0 spiro atoms. The van der Waals surface area contributed by atoms with Crippen molar-refractivity contribution in [3.05, 3.63) is 24.3 Å². The van der Waals surface area contributed by atoms with Crippen molar-refractivity contribution in [1.29, 1.82) is 0 Å². The van der Waals surface area contributed by atoms with Gasteiger partial charge in [0.15, 0.2) is 6.10 Å². The van der Waals surface area contributed by atoms with Crippen LogP contribution in [0.1, 0.15) is 20.3 Å². The first-order chi connectivity index (χ1) is 13.6. The van der Waals surface area contributed by atoms with Gasteiger partial charge in [-0.05, 0) is 20.3 Å². The average Bonchev–Trinajstić information content (AvgIpc) is 2.70. The monoisotopic (exact) mass is 433 g/mol. The summed E-state index contributed by atoms with van der Waals surface area (Å²) in [5.41, 5.74) is 0.351. The third-order valence-electron chi connectivity index (χ3n) is 3.63. The lowest BCUT2D eigenvalue weighted by molar-refractivity contribution is -0.156. The second-order valence-electron chi connectivity index (χ2n) is 6.11. The first-order valence-corrected chi connectivity index (χ1v) is 10.8. The summed E-state index contributed by atoms with van der Waals surface area (Å²) < 4.78 is 31.0. The predicted molar refractivity (Wildman–Crippen MR) is 106 cm³/mol. The Morgan fingerprint density at radius 2 is 1.41 bits per heavy atom. The number of nitrogens with one attached hydrogen (secondary N) is 1. The molecule has 0 radical (unpaired) electrons. The fraction of sp³-hybridized carbons (Fsp3) is 0.611. The number of carbonyl (C=O) groups is 3. The van der Waals surface area contributed by atoms with Crippen molar-refractivity contribution in [2.24, 2.45) is 0 Å². The van der Waals surface area contributed by atoms with E-state index < -0.39 is 32.9 Å². The molecule has 0 aliphatic rings. The van der Waals surface area contributed by atoms with Gasteiger partial charge in [0.2, 0.25) is 0 Å². The van der Waals surface area contributed by atoms with Crippen LogP contribution in [-0.2, 0) is 37.1 Å². The van der Waals surface area contributed by atoms with E-state index in [0.29, 0.717) is 19.0 Å². The summed E-state index contributed by atoms with van der Waals surface area (Å²) in [6.45, 7) is 9.58. The lowest BCUT2D eigenvalue weighted by Crippen LogP contribution is -2.43. The van der Waals surface area contributed by atoms with E-state index in [1.165, 1.54) is 35.2 Å². The van der Waals surface area contributed by atoms with E-state index in [0.717, 1.165) is 0 Å². The van der Waals surface area contributed by atoms with Crippen LogP contribution < -0.4 is 5.32 Å². The van der Waals surface area contributed by atoms with Crippen LogP contribution >= 0.6 is 0 Å². The Morgan fingerprint density at radius 3 is 1.90 bits per heavy atom. The molecule has 166 valence electrons. The van der Waals surface area contributed by atoms with Gasteiger partial charge in [0.25, 0.3) is 0 Å². The standard InChI is InChI=1S/C18H31NO9Si/c1-13(2)16(20)26-11-15(28-17(21)14(3)4)12-27-18(22)19-9-8-10-29(23-5,24-6)25-7/h15H,1,3,8-12H2,2,4-7H3,(H,19,22). The molecular formula is C18H31NO9Si. The van der Waals surface area contributed by atoms with Gasteiger partial charge in [-0.25, -0.2) is 14.4 Å². The molecule has 1 unspecified atom stereocenters. The molecule has 0 saturated heterocycles. The van der Waals surface area contributed by atoms with Crippen LogP contribution in [-0.4, -0.2) is 74.0 Å². The summed E-state index contributed by atoms with van der Waals surface area (Å²) in [7, 11) is 1.82. The van der Waals surface area contributed by atoms with Gasteiger partial charge in [0.1, 0.15) is 13.2 Å². The summed E-state index contributed by atoms with van der Waals surface area (Å²) >= 11 is 0. The molecule has 0 aromatic heterocycles. The second kappa shape index (κ2) is 13.9. The highest BCUT2D eigenvalue weighted by Crippen LogP contribution is 2.14. The van der Waals surface area contributed by atoms with Crippen LogP contribution in [0.3, 0.4) is 0 Å². The predicted octanol–water partition coefficient (Wildman–Crippen LogP) is 1.59. The van der Waals surface area contributed by atoms with Crippen LogP contribution in [0, 0.1) is 0 Å². The van der Waals surface area contributed by atoms with Gasteiger partial charge in [0.05, 0.1) is 0 Å². The number of ether oxygens (including phenoxy) is 3. The van der Waals surface area contributed by atoms with Crippen LogP contribution in [0.5, 0.6) is 0 Å². The van der Waals surface area contributed by atoms with Gasteiger partial charge in [-0.1, -0.05) is 13.2 Å². The van der Waals surface area contributed by atoms with Gasteiger partial charge < -0.3 is 32.8 Å². The molecule has 0 heterocycles. The van der Waals surface area contributed by atoms with Crippen molar-refractivity contribution in [2.45, 2.75) is 32.4 Å². The van der Waals surface area contributed by atoms with Crippen molar-refractivity contribution in [2.75, 3.05) is 41.1 Å². The average molecular weight is 434 g/mol. The summed E-state index contributed by atoms with van der Waals surface area (Å²) in [6.07, 6.45) is -1.16. The van der Waals surface area contributed by atoms with E-state index in [-0.39, 0.29) is 24.4 Å². The highest BCUT2D eigenvalue weighted by Gasteiger charge is 2.36. The molecule has 0 rings (SSSR count). The number of esters is 2. The van der Waals surface area contributed by atoms with Crippen molar-refractivity contribution >= 4 is 26.8 Å². The SMILES string of the molecule is C=C(C)C(=O)OCC(COC(=O)NCCC[Si](OC)(OC)OC)OC(=O)C(=C)C. The van der Waals surface area contributed by atoms with Gasteiger partial charge in [-0.2, -0.15) is 0 Å². The maximum absolute atomic E-state index is 11.9. The Labute approximate surface area is 172 Å². The van der Waals surface area contributed by atoms with Crippen molar-refractivity contribution in [1.82, 2.24) is 5.32 Å². The molecule has 0 aromatic carbocycles. The third kappa shape index (κ3) is 10.8.